The van der Waals surface area contributed by atoms with Crippen molar-refractivity contribution in [1.29, 1.82) is 0 Å². The minimum Gasteiger partial charge on any atom is -0.494 e. The molecule has 0 unspecified atom stereocenters. The minimum absolute atomic E-state index is 0.324. The highest BCUT2D eigenvalue weighted by Crippen LogP contribution is 2.31. The molecule has 2 aromatic carbocycles. The first-order chi connectivity index (χ1) is 21.6. The van der Waals surface area contributed by atoms with Crippen LogP contribution in [0.5, 0.6) is 5.75 Å². The number of carbonyl (C=O) groups is 1. The SMILES string of the molecule is CCCCCCCCCCNC(=O)n1c(=O)ccc2ccc(OCCCCN3CCN(c4cccc5sccc45)CC3)cc21. The average Bonchev–Trinajstić information content (AvgIpc) is 3.53. The van der Waals surface area contributed by atoms with Gasteiger partial charge in [0.05, 0.1) is 12.1 Å². The summed E-state index contributed by atoms with van der Waals surface area (Å²) in [4.78, 5) is 30.8. The van der Waals surface area contributed by atoms with Crippen LogP contribution in [0.2, 0.25) is 0 Å². The van der Waals surface area contributed by atoms with Gasteiger partial charge in [-0.3, -0.25) is 9.69 Å². The number of nitrogens with one attached hydrogen (secondary N) is 1. The van der Waals surface area contributed by atoms with Crippen molar-refractivity contribution in [3.8, 4) is 5.75 Å². The number of unbranched alkanes of at least 4 members (excludes halogenated alkanes) is 8. The van der Waals surface area contributed by atoms with Gasteiger partial charge in [0.2, 0.25) is 0 Å². The van der Waals surface area contributed by atoms with E-state index in [0.717, 1.165) is 63.8 Å². The molecule has 0 saturated carbocycles. The van der Waals surface area contributed by atoms with Crippen LogP contribution >= 0.6 is 11.3 Å². The number of pyridine rings is 1. The Bertz CT molecular complexity index is 1540. The number of nitrogens with zero attached hydrogens (tertiary/aromatic N) is 3. The van der Waals surface area contributed by atoms with Gasteiger partial charge in [-0.1, -0.05) is 57.9 Å². The monoisotopic (exact) mass is 616 g/mol. The van der Waals surface area contributed by atoms with Crippen molar-refractivity contribution in [2.24, 2.45) is 0 Å². The molecular weight excluding hydrogens is 568 g/mol. The third-order valence-electron chi connectivity index (χ3n) is 8.70. The number of piperazine rings is 1. The molecule has 1 saturated heterocycles. The van der Waals surface area contributed by atoms with Crippen molar-refractivity contribution in [3.05, 3.63) is 70.3 Å². The van der Waals surface area contributed by atoms with E-state index in [-0.39, 0.29) is 11.6 Å². The molecular formula is C36H48N4O3S. The van der Waals surface area contributed by atoms with Crippen LogP contribution in [0.25, 0.3) is 21.0 Å². The second-order valence-electron chi connectivity index (χ2n) is 11.9. The Hall–Kier alpha value is -3.36. The maximum Gasteiger partial charge on any atom is 0.329 e. The molecule has 8 heteroatoms. The number of amides is 1. The molecule has 2 aromatic heterocycles. The summed E-state index contributed by atoms with van der Waals surface area (Å²) >= 11 is 1.81. The Labute approximate surface area is 265 Å². The first kappa shape index (κ1) is 32.0. The molecule has 0 radical (unpaired) electrons. The lowest BCUT2D eigenvalue weighted by Crippen LogP contribution is -2.46. The second-order valence-corrected chi connectivity index (χ2v) is 12.9. The van der Waals surface area contributed by atoms with Crippen molar-refractivity contribution in [2.45, 2.75) is 71.1 Å². The Balaban J connectivity index is 1.03. The molecule has 3 heterocycles. The molecule has 1 N–H and O–H groups in total. The lowest BCUT2D eigenvalue weighted by molar-refractivity contribution is 0.238. The molecule has 44 heavy (non-hydrogen) atoms. The number of rotatable bonds is 16. The summed E-state index contributed by atoms with van der Waals surface area (Å²) < 4.78 is 8.67. The smallest absolute Gasteiger partial charge is 0.329 e. The second kappa shape index (κ2) is 16.6. The zero-order chi connectivity index (χ0) is 30.6. The summed E-state index contributed by atoms with van der Waals surface area (Å²) in [5, 5.41) is 7.34. The summed E-state index contributed by atoms with van der Waals surface area (Å²) in [5.74, 6) is 0.684. The number of ether oxygens (including phenoxy) is 1. The lowest BCUT2D eigenvalue weighted by atomic mass is 10.1. The molecule has 0 bridgehead atoms. The van der Waals surface area contributed by atoms with Crippen LogP contribution in [0.4, 0.5) is 10.5 Å². The van der Waals surface area contributed by atoms with E-state index < -0.39 is 0 Å². The van der Waals surface area contributed by atoms with Crippen LogP contribution in [-0.2, 0) is 0 Å². The van der Waals surface area contributed by atoms with Gasteiger partial charge in [0.25, 0.3) is 5.56 Å². The van der Waals surface area contributed by atoms with E-state index in [0.29, 0.717) is 24.4 Å². The topological polar surface area (TPSA) is 66.8 Å². The summed E-state index contributed by atoms with van der Waals surface area (Å²) in [5.41, 5.74) is 1.62. The maximum absolute atomic E-state index is 13.0. The van der Waals surface area contributed by atoms with E-state index in [2.05, 4.69) is 51.7 Å². The number of fused-ring (bicyclic) bond motifs is 2. The summed E-state index contributed by atoms with van der Waals surface area (Å²) in [6, 6.07) is 17.4. The van der Waals surface area contributed by atoms with Crippen LogP contribution in [0.15, 0.2) is 64.8 Å². The first-order valence-corrected chi connectivity index (χ1v) is 17.5. The third-order valence-corrected chi connectivity index (χ3v) is 9.58. The van der Waals surface area contributed by atoms with E-state index >= 15 is 0 Å². The van der Waals surface area contributed by atoms with Gasteiger partial charge in [-0.2, -0.15) is 0 Å². The molecule has 7 nitrogen and oxygen atoms in total. The van der Waals surface area contributed by atoms with Crippen LogP contribution in [0.3, 0.4) is 0 Å². The quantitative estimate of drug-likeness (QED) is 0.130. The largest absolute Gasteiger partial charge is 0.494 e. The van der Waals surface area contributed by atoms with Crippen LogP contribution < -0.4 is 20.5 Å². The minimum atomic E-state index is -0.368. The molecule has 1 aliphatic heterocycles. The number of thiophene rings is 1. The molecule has 0 atom stereocenters. The van der Waals surface area contributed by atoms with Crippen molar-refractivity contribution >= 4 is 44.0 Å². The zero-order valence-corrected chi connectivity index (χ0v) is 27.1. The van der Waals surface area contributed by atoms with Crippen molar-refractivity contribution in [3.63, 3.8) is 0 Å². The molecule has 5 rings (SSSR count). The Morgan fingerprint density at radius 3 is 2.45 bits per heavy atom. The molecule has 1 fully saturated rings. The van der Waals surface area contributed by atoms with Gasteiger partial charge in [0, 0.05) is 60.6 Å². The van der Waals surface area contributed by atoms with Gasteiger partial charge in [-0.05, 0) is 73.0 Å². The average molecular weight is 617 g/mol. The number of hydrogen-bond donors (Lipinski definition) is 1. The van der Waals surface area contributed by atoms with Crippen molar-refractivity contribution < 1.29 is 9.53 Å². The predicted molar refractivity (Wildman–Crippen MR) is 185 cm³/mol. The highest BCUT2D eigenvalue weighted by molar-refractivity contribution is 7.17. The van der Waals surface area contributed by atoms with Gasteiger partial charge in [0.1, 0.15) is 5.75 Å². The molecule has 4 aromatic rings. The Kier molecular flexibility index (Phi) is 12.1. The van der Waals surface area contributed by atoms with Crippen molar-refractivity contribution in [2.75, 3.05) is 50.8 Å². The maximum atomic E-state index is 13.0. The normalized spacial score (nSPS) is 14.0. The fourth-order valence-electron chi connectivity index (χ4n) is 6.14. The van der Waals surface area contributed by atoms with Crippen LogP contribution in [-0.4, -0.2) is 61.4 Å². The number of benzene rings is 2. The summed E-state index contributed by atoms with van der Waals surface area (Å²) in [7, 11) is 0. The fourth-order valence-corrected chi connectivity index (χ4v) is 6.95. The van der Waals surface area contributed by atoms with Gasteiger partial charge >= 0.3 is 6.03 Å². The van der Waals surface area contributed by atoms with E-state index in [1.807, 2.05) is 29.5 Å². The van der Waals surface area contributed by atoms with Gasteiger partial charge in [-0.15, -0.1) is 11.3 Å². The highest BCUT2D eigenvalue weighted by Gasteiger charge is 2.18. The standard InChI is InChI=1S/C36H48N4O3S/c1-2-3-4-5-6-7-8-9-20-37-36(42)40-33-28-30(17-15-29(33)16-18-35(40)41)43-26-11-10-21-38-22-24-39(25-23-38)32-13-12-14-34-31(32)19-27-44-34/h12-19,27-28H,2-11,20-26H2,1H3,(H,37,42). The molecule has 0 aliphatic carbocycles. The van der Waals surface area contributed by atoms with E-state index in [9.17, 15) is 9.59 Å². The van der Waals surface area contributed by atoms with Crippen LogP contribution in [0.1, 0.15) is 71.1 Å². The zero-order valence-electron chi connectivity index (χ0n) is 26.3. The highest BCUT2D eigenvalue weighted by atomic mass is 32.1. The number of aromatic nitrogens is 1. The van der Waals surface area contributed by atoms with E-state index in [1.165, 1.54) is 64.9 Å². The first-order valence-electron chi connectivity index (χ1n) is 16.6. The molecule has 236 valence electrons. The van der Waals surface area contributed by atoms with Gasteiger partial charge in [0.15, 0.2) is 0 Å². The Morgan fingerprint density at radius 1 is 0.864 bits per heavy atom. The predicted octanol–water partition coefficient (Wildman–Crippen LogP) is 7.90. The van der Waals surface area contributed by atoms with E-state index in [4.69, 9.17) is 4.74 Å². The van der Waals surface area contributed by atoms with Crippen LogP contribution in [0, 0.1) is 0 Å². The lowest BCUT2D eigenvalue weighted by Gasteiger charge is -2.36. The number of anilines is 1. The third kappa shape index (κ3) is 8.63. The number of carbonyl (C=O) groups excluding carboxylic acids is 1. The van der Waals surface area contributed by atoms with E-state index in [1.54, 1.807) is 6.07 Å². The summed E-state index contributed by atoms with van der Waals surface area (Å²) in [6.07, 6.45) is 11.7. The number of hydrogen-bond acceptors (Lipinski definition) is 6. The molecule has 0 spiro atoms. The van der Waals surface area contributed by atoms with Crippen molar-refractivity contribution in [1.82, 2.24) is 14.8 Å². The van der Waals surface area contributed by atoms with Gasteiger partial charge < -0.3 is 15.0 Å². The Morgan fingerprint density at radius 2 is 1.64 bits per heavy atom. The molecule has 1 amide bonds. The summed E-state index contributed by atoms with van der Waals surface area (Å²) in [6.45, 7) is 8.73. The van der Waals surface area contributed by atoms with Gasteiger partial charge in [-0.25, -0.2) is 9.36 Å². The molecule has 1 aliphatic rings. The fraction of sp³-hybridized carbons (Fsp3) is 0.500.